The minimum Gasteiger partial charge on any atom is -0.292 e. The Hall–Kier alpha value is -1.89. The van der Waals surface area contributed by atoms with Gasteiger partial charge >= 0.3 is 0 Å². The standard InChI is InChI=1S/C21H20ClF2N/c22-21-14-17(18-12-19(23)15-20(24)13-18)8-7-16(21)6-5-11-25-9-3-1-2-4-10-25/h7-8,12-15H,1-4,9-11H2. The molecule has 0 radical (unpaired) electrons. The summed E-state index contributed by atoms with van der Waals surface area (Å²) in [6.07, 6.45) is 5.08. The van der Waals surface area contributed by atoms with Crippen LogP contribution in [0.3, 0.4) is 0 Å². The highest BCUT2D eigenvalue weighted by molar-refractivity contribution is 6.32. The molecule has 0 bridgehead atoms. The predicted octanol–water partition coefficient (Wildman–Crippen LogP) is 5.51. The molecule has 0 N–H and O–H groups in total. The molecule has 130 valence electrons. The lowest BCUT2D eigenvalue weighted by Crippen LogP contribution is -2.24. The second kappa shape index (κ2) is 8.47. The summed E-state index contributed by atoms with van der Waals surface area (Å²) in [6.45, 7) is 2.95. The van der Waals surface area contributed by atoms with Gasteiger partial charge in [-0.15, -0.1) is 0 Å². The molecule has 1 fully saturated rings. The lowest BCUT2D eigenvalue weighted by molar-refractivity contribution is 0.320. The molecule has 1 nitrogen and oxygen atoms in total. The van der Waals surface area contributed by atoms with Gasteiger partial charge in [0.1, 0.15) is 11.6 Å². The van der Waals surface area contributed by atoms with Crippen molar-refractivity contribution in [1.29, 1.82) is 0 Å². The van der Waals surface area contributed by atoms with Gasteiger partial charge in [0.15, 0.2) is 0 Å². The Morgan fingerprint density at radius 2 is 1.56 bits per heavy atom. The molecule has 0 unspecified atom stereocenters. The van der Waals surface area contributed by atoms with E-state index in [9.17, 15) is 8.78 Å². The second-order valence-electron chi connectivity index (χ2n) is 6.34. The molecule has 3 rings (SSSR count). The number of halogens is 3. The van der Waals surface area contributed by atoms with Crippen LogP contribution >= 0.6 is 11.6 Å². The first kappa shape index (κ1) is 17.9. The van der Waals surface area contributed by atoms with Crippen molar-refractivity contribution in [2.45, 2.75) is 25.7 Å². The normalized spacial score (nSPS) is 15.3. The molecule has 1 aliphatic rings. The van der Waals surface area contributed by atoms with Gasteiger partial charge in [-0.25, -0.2) is 8.78 Å². The van der Waals surface area contributed by atoms with Crippen LogP contribution < -0.4 is 0 Å². The van der Waals surface area contributed by atoms with Crippen LogP contribution in [-0.4, -0.2) is 24.5 Å². The van der Waals surface area contributed by atoms with Crippen molar-refractivity contribution in [3.05, 3.63) is 58.6 Å². The molecular formula is C21H20ClF2N. The molecule has 1 heterocycles. The summed E-state index contributed by atoms with van der Waals surface area (Å²) in [4.78, 5) is 2.37. The van der Waals surface area contributed by atoms with Crippen LogP contribution in [0.1, 0.15) is 31.2 Å². The summed E-state index contributed by atoms with van der Waals surface area (Å²) in [6, 6.07) is 8.73. The highest BCUT2D eigenvalue weighted by atomic mass is 35.5. The fraction of sp³-hybridized carbons (Fsp3) is 0.333. The predicted molar refractivity (Wildman–Crippen MR) is 98.6 cm³/mol. The van der Waals surface area contributed by atoms with Crippen LogP contribution in [0.2, 0.25) is 5.02 Å². The van der Waals surface area contributed by atoms with Crippen molar-refractivity contribution >= 4 is 11.6 Å². The van der Waals surface area contributed by atoms with Crippen molar-refractivity contribution in [3.8, 4) is 23.0 Å². The lowest BCUT2D eigenvalue weighted by Gasteiger charge is -2.15. The number of hydrogen-bond acceptors (Lipinski definition) is 1. The minimum atomic E-state index is -0.604. The zero-order valence-electron chi connectivity index (χ0n) is 14.0. The van der Waals surface area contributed by atoms with E-state index >= 15 is 0 Å². The topological polar surface area (TPSA) is 3.24 Å². The van der Waals surface area contributed by atoms with Crippen molar-refractivity contribution in [1.82, 2.24) is 4.90 Å². The SMILES string of the molecule is Fc1cc(F)cc(-c2ccc(C#CCN3CCCCCC3)c(Cl)c2)c1. The quantitative estimate of drug-likeness (QED) is 0.639. The monoisotopic (exact) mass is 359 g/mol. The van der Waals surface area contributed by atoms with Gasteiger partial charge in [-0.3, -0.25) is 4.90 Å². The highest BCUT2D eigenvalue weighted by Gasteiger charge is 2.08. The molecule has 0 amide bonds. The molecule has 4 heteroatoms. The van der Waals surface area contributed by atoms with Crippen LogP contribution in [0, 0.1) is 23.5 Å². The molecule has 25 heavy (non-hydrogen) atoms. The van der Waals surface area contributed by atoms with Gasteiger partial charge in [-0.2, -0.15) is 0 Å². The van der Waals surface area contributed by atoms with E-state index in [1.54, 1.807) is 18.2 Å². The summed E-state index contributed by atoms with van der Waals surface area (Å²) >= 11 is 6.30. The van der Waals surface area contributed by atoms with Crippen LogP contribution in [0.25, 0.3) is 11.1 Å². The van der Waals surface area contributed by atoms with Crippen molar-refractivity contribution < 1.29 is 8.78 Å². The Kier molecular flexibility index (Phi) is 6.07. The van der Waals surface area contributed by atoms with Gasteiger partial charge in [0.25, 0.3) is 0 Å². The van der Waals surface area contributed by atoms with Gasteiger partial charge in [0.05, 0.1) is 11.6 Å². The van der Waals surface area contributed by atoms with E-state index in [4.69, 9.17) is 11.6 Å². The molecular weight excluding hydrogens is 340 g/mol. The van der Waals surface area contributed by atoms with Crippen LogP contribution in [0.15, 0.2) is 36.4 Å². The number of likely N-dealkylation sites (tertiary alicyclic amines) is 1. The Morgan fingerprint density at radius 1 is 0.880 bits per heavy atom. The molecule has 0 atom stereocenters. The van der Waals surface area contributed by atoms with E-state index in [0.29, 0.717) is 16.1 Å². The number of nitrogens with zero attached hydrogens (tertiary/aromatic N) is 1. The molecule has 1 saturated heterocycles. The fourth-order valence-electron chi connectivity index (χ4n) is 3.06. The summed E-state index contributed by atoms with van der Waals surface area (Å²) in [7, 11) is 0. The average Bonchev–Trinajstić information content (AvgIpc) is 2.84. The Bertz CT molecular complexity index is 779. The lowest BCUT2D eigenvalue weighted by atomic mass is 10.0. The highest BCUT2D eigenvalue weighted by Crippen LogP contribution is 2.26. The van der Waals surface area contributed by atoms with Crippen molar-refractivity contribution in [2.75, 3.05) is 19.6 Å². The average molecular weight is 360 g/mol. The third-order valence-electron chi connectivity index (χ3n) is 4.39. The number of hydrogen-bond donors (Lipinski definition) is 0. The van der Waals surface area contributed by atoms with E-state index < -0.39 is 11.6 Å². The zero-order chi connectivity index (χ0) is 17.6. The first-order valence-electron chi connectivity index (χ1n) is 8.59. The molecule has 0 aliphatic carbocycles. The summed E-state index contributed by atoms with van der Waals surface area (Å²) in [5.41, 5.74) is 1.86. The first-order valence-corrected chi connectivity index (χ1v) is 8.97. The summed E-state index contributed by atoms with van der Waals surface area (Å²) in [5, 5.41) is 0.491. The largest absolute Gasteiger partial charge is 0.292 e. The molecule has 2 aromatic rings. The van der Waals surface area contributed by atoms with E-state index in [1.165, 1.54) is 37.8 Å². The smallest absolute Gasteiger partial charge is 0.126 e. The maximum atomic E-state index is 13.4. The van der Waals surface area contributed by atoms with Gasteiger partial charge in [0, 0.05) is 11.6 Å². The van der Waals surface area contributed by atoms with Gasteiger partial charge < -0.3 is 0 Å². The molecule has 1 aliphatic heterocycles. The van der Waals surface area contributed by atoms with Crippen molar-refractivity contribution in [3.63, 3.8) is 0 Å². The Balaban J connectivity index is 1.73. The number of benzene rings is 2. The summed E-state index contributed by atoms with van der Waals surface area (Å²) < 4.78 is 26.7. The molecule has 0 saturated carbocycles. The van der Waals surface area contributed by atoms with E-state index in [0.717, 1.165) is 31.3 Å². The fourth-order valence-corrected chi connectivity index (χ4v) is 3.29. The third kappa shape index (κ3) is 5.04. The number of rotatable bonds is 2. The van der Waals surface area contributed by atoms with Crippen molar-refractivity contribution in [2.24, 2.45) is 0 Å². The maximum Gasteiger partial charge on any atom is 0.126 e. The van der Waals surface area contributed by atoms with Crippen LogP contribution in [0.5, 0.6) is 0 Å². The maximum absolute atomic E-state index is 13.4. The first-order chi connectivity index (χ1) is 12.1. The molecule has 0 spiro atoms. The molecule has 0 aromatic heterocycles. The van der Waals surface area contributed by atoms with E-state index in [1.807, 2.05) is 0 Å². The van der Waals surface area contributed by atoms with Crippen LogP contribution in [0.4, 0.5) is 8.78 Å². The molecule has 2 aromatic carbocycles. The van der Waals surface area contributed by atoms with E-state index in [-0.39, 0.29) is 0 Å². The van der Waals surface area contributed by atoms with E-state index in [2.05, 4.69) is 16.7 Å². The van der Waals surface area contributed by atoms with Crippen LogP contribution in [-0.2, 0) is 0 Å². The Labute approximate surface area is 152 Å². The van der Waals surface area contributed by atoms with Gasteiger partial charge in [-0.05, 0) is 61.3 Å². The van der Waals surface area contributed by atoms with Gasteiger partial charge in [-0.1, -0.05) is 42.3 Å². The second-order valence-corrected chi connectivity index (χ2v) is 6.75. The zero-order valence-corrected chi connectivity index (χ0v) is 14.8. The Morgan fingerprint density at radius 3 is 2.20 bits per heavy atom. The van der Waals surface area contributed by atoms with Gasteiger partial charge in [0.2, 0.25) is 0 Å². The third-order valence-corrected chi connectivity index (χ3v) is 4.70. The minimum absolute atomic E-state index is 0.462. The summed E-state index contributed by atoms with van der Waals surface area (Å²) in [5.74, 6) is 5.09.